The Morgan fingerprint density at radius 1 is 1.29 bits per heavy atom. The lowest BCUT2D eigenvalue weighted by Crippen LogP contribution is -2.38. The summed E-state index contributed by atoms with van der Waals surface area (Å²) in [5.41, 5.74) is 0. The fraction of sp³-hybridized carbons (Fsp3) is 0.857. The van der Waals surface area contributed by atoms with Crippen LogP contribution >= 0.6 is 35.7 Å². The minimum atomic E-state index is -0.177. The molecule has 0 aromatic carbocycles. The number of guanidine groups is 1. The van der Waals surface area contributed by atoms with E-state index in [0.29, 0.717) is 13.0 Å². The molecule has 126 valence electrons. The Balaban J connectivity index is 0. The van der Waals surface area contributed by atoms with E-state index in [1.165, 1.54) is 12.2 Å². The molecule has 0 aliphatic heterocycles. The number of carbonyl (C=O) groups is 1. The van der Waals surface area contributed by atoms with Crippen LogP contribution in [-0.2, 0) is 9.53 Å². The van der Waals surface area contributed by atoms with Gasteiger partial charge in [-0.2, -0.15) is 11.8 Å². The molecule has 0 fully saturated rings. The fourth-order valence-electron chi connectivity index (χ4n) is 1.50. The van der Waals surface area contributed by atoms with Crippen molar-refractivity contribution in [3.05, 3.63) is 0 Å². The van der Waals surface area contributed by atoms with Crippen LogP contribution in [0.4, 0.5) is 0 Å². The van der Waals surface area contributed by atoms with Crippen LogP contribution in [0.3, 0.4) is 0 Å². The molecule has 0 aromatic rings. The fourth-order valence-corrected chi connectivity index (χ4v) is 1.99. The van der Waals surface area contributed by atoms with E-state index in [4.69, 9.17) is 4.74 Å². The topological polar surface area (TPSA) is 62.7 Å². The third-order valence-electron chi connectivity index (χ3n) is 2.36. The van der Waals surface area contributed by atoms with Crippen LogP contribution in [0.2, 0.25) is 0 Å². The molecule has 7 heteroatoms. The zero-order chi connectivity index (χ0) is 15.2. The van der Waals surface area contributed by atoms with Crippen LogP contribution in [0, 0.1) is 0 Å². The Bertz CT molecular complexity index is 289. The Morgan fingerprint density at radius 2 is 2.00 bits per heavy atom. The number of aliphatic imine (C=N–C) groups is 1. The van der Waals surface area contributed by atoms with E-state index in [1.807, 2.05) is 32.5 Å². The molecule has 5 nitrogen and oxygen atoms in total. The van der Waals surface area contributed by atoms with E-state index in [0.717, 1.165) is 25.5 Å². The molecule has 0 saturated carbocycles. The highest BCUT2D eigenvalue weighted by Crippen LogP contribution is 1.99. The number of ether oxygens (including phenoxy) is 1. The van der Waals surface area contributed by atoms with Crippen LogP contribution in [0.25, 0.3) is 0 Å². The standard InChI is InChI=1S/C14H29N3O2S.HI/c1-5-15-14(16-9-6-7-11-20-4)17-10-8-13(18)19-12(2)3;/h12H,5-11H2,1-4H3,(H2,15,16,17);1H. The van der Waals surface area contributed by atoms with Gasteiger partial charge in [-0.15, -0.1) is 24.0 Å². The third-order valence-corrected chi connectivity index (χ3v) is 3.06. The van der Waals surface area contributed by atoms with Crippen LogP contribution < -0.4 is 10.6 Å². The van der Waals surface area contributed by atoms with Gasteiger partial charge in [-0.1, -0.05) is 0 Å². The van der Waals surface area contributed by atoms with Crippen molar-refractivity contribution in [2.24, 2.45) is 4.99 Å². The van der Waals surface area contributed by atoms with Crippen molar-refractivity contribution in [1.82, 2.24) is 10.6 Å². The Hall–Kier alpha value is -0.180. The van der Waals surface area contributed by atoms with E-state index >= 15 is 0 Å². The van der Waals surface area contributed by atoms with Crippen molar-refractivity contribution >= 4 is 47.7 Å². The summed E-state index contributed by atoms with van der Waals surface area (Å²) in [4.78, 5) is 15.9. The summed E-state index contributed by atoms with van der Waals surface area (Å²) in [6, 6.07) is 0. The van der Waals surface area contributed by atoms with Gasteiger partial charge in [-0.25, -0.2) is 0 Å². The molecule has 0 spiro atoms. The van der Waals surface area contributed by atoms with Crippen molar-refractivity contribution in [3.63, 3.8) is 0 Å². The normalized spacial score (nSPS) is 11.0. The largest absolute Gasteiger partial charge is 0.463 e. The van der Waals surface area contributed by atoms with Crippen LogP contribution in [0.15, 0.2) is 4.99 Å². The Labute approximate surface area is 150 Å². The molecule has 0 aromatic heterocycles. The molecular weight excluding hydrogens is 401 g/mol. The maximum atomic E-state index is 11.4. The minimum absolute atomic E-state index is 0. The molecule has 0 radical (unpaired) electrons. The molecule has 0 rings (SSSR count). The number of halogens is 1. The van der Waals surface area contributed by atoms with E-state index in [-0.39, 0.29) is 36.0 Å². The first-order valence-corrected chi connectivity index (χ1v) is 8.70. The summed E-state index contributed by atoms with van der Waals surface area (Å²) in [5, 5.41) is 6.32. The average molecular weight is 431 g/mol. The monoisotopic (exact) mass is 431 g/mol. The molecule has 0 aliphatic carbocycles. The van der Waals surface area contributed by atoms with Gasteiger partial charge in [0.15, 0.2) is 5.96 Å². The summed E-state index contributed by atoms with van der Waals surface area (Å²) >= 11 is 1.86. The summed E-state index contributed by atoms with van der Waals surface area (Å²) in [5.74, 6) is 1.78. The highest BCUT2D eigenvalue weighted by Gasteiger charge is 2.05. The number of esters is 1. The molecule has 2 N–H and O–H groups in total. The van der Waals surface area contributed by atoms with Crippen molar-refractivity contribution in [3.8, 4) is 0 Å². The third kappa shape index (κ3) is 16.0. The number of carbonyl (C=O) groups excluding carboxylic acids is 1. The van der Waals surface area contributed by atoms with Gasteiger partial charge in [0.2, 0.25) is 0 Å². The van der Waals surface area contributed by atoms with Gasteiger partial charge in [0.1, 0.15) is 0 Å². The van der Waals surface area contributed by atoms with E-state index in [2.05, 4.69) is 21.9 Å². The van der Waals surface area contributed by atoms with Gasteiger partial charge in [-0.3, -0.25) is 9.79 Å². The lowest BCUT2D eigenvalue weighted by Gasteiger charge is -2.12. The first-order valence-electron chi connectivity index (χ1n) is 7.30. The van der Waals surface area contributed by atoms with Crippen molar-refractivity contribution in [2.75, 3.05) is 31.6 Å². The number of unbranched alkanes of at least 4 members (excludes halogenated alkanes) is 1. The zero-order valence-corrected chi connectivity index (χ0v) is 16.8. The zero-order valence-electron chi connectivity index (χ0n) is 13.6. The maximum absolute atomic E-state index is 11.4. The molecule has 0 bridgehead atoms. The minimum Gasteiger partial charge on any atom is -0.463 e. The molecule has 0 atom stereocenters. The molecule has 0 saturated heterocycles. The lowest BCUT2D eigenvalue weighted by molar-refractivity contribution is -0.147. The van der Waals surface area contributed by atoms with Gasteiger partial charge < -0.3 is 15.4 Å². The predicted octanol–water partition coefficient (Wildman–Crippen LogP) is 2.64. The van der Waals surface area contributed by atoms with E-state index in [9.17, 15) is 4.79 Å². The number of hydrogen-bond acceptors (Lipinski definition) is 4. The first-order chi connectivity index (χ1) is 9.60. The summed E-state index contributed by atoms with van der Waals surface area (Å²) in [6.07, 6.45) is 4.69. The molecule has 21 heavy (non-hydrogen) atoms. The van der Waals surface area contributed by atoms with Crippen LogP contribution in [0.1, 0.15) is 40.0 Å². The van der Waals surface area contributed by atoms with Crippen LogP contribution in [0.5, 0.6) is 0 Å². The van der Waals surface area contributed by atoms with E-state index in [1.54, 1.807) is 0 Å². The second kappa shape index (κ2) is 16.2. The van der Waals surface area contributed by atoms with Gasteiger partial charge in [0.05, 0.1) is 12.5 Å². The lowest BCUT2D eigenvalue weighted by atomic mass is 10.3. The average Bonchev–Trinajstić information content (AvgIpc) is 2.37. The number of nitrogens with one attached hydrogen (secondary N) is 2. The second-order valence-electron chi connectivity index (χ2n) is 4.68. The van der Waals surface area contributed by atoms with Gasteiger partial charge in [-0.05, 0) is 45.6 Å². The molecule has 0 aliphatic rings. The van der Waals surface area contributed by atoms with E-state index < -0.39 is 0 Å². The Morgan fingerprint density at radius 3 is 2.57 bits per heavy atom. The first kappa shape index (κ1) is 23.1. The van der Waals surface area contributed by atoms with Gasteiger partial charge in [0, 0.05) is 19.6 Å². The number of thioether (sulfide) groups is 1. The summed E-state index contributed by atoms with van der Waals surface area (Å²) < 4.78 is 5.08. The quantitative estimate of drug-likeness (QED) is 0.183. The maximum Gasteiger partial charge on any atom is 0.307 e. The smallest absolute Gasteiger partial charge is 0.307 e. The van der Waals surface area contributed by atoms with Gasteiger partial charge in [0.25, 0.3) is 0 Å². The van der Waals surface area contributed by atoms with Crippen molar-refractivity contribution in [1.29, 1.82) is 0 Å². The highest BCUT2D eigenvalue weighted by atomic mass is 127. The van der Waals surface area contributed by atoms with Crippen molar-refractivity contribution in [2.45, 2.75) is 46.1 Å². The van der Waals surface area contributed by atoms with Gasteiger partial charge >= 0.3 is 5.97 Å². The van der Waals surface area contributed by atoms with Crippen molar-refractivity contribution < 1.29 is 9.53 Å². The summed E-state index contributed by atoms with van der Waals surface area (Å²) in [7, 11) is 0. The molecule has 0 unspecified atom stereocenters. The SMILES string of the molecule is CCNC(=NCCCCSC)NCCC(=O)OC(C)C.I. The molecular formula is C14H30IN3O2S. The summed E-state index contributed by atoms with van der Waals surface area (Å²) in [6.45, 7) is 7.90. The second-order valence-corrected chi connectivity index (χ2v) is 5.66. The Kier molecular flexibility index (Phi) is 17.8. The highest BCUT2D eigenvalue weighted by molar-refractivity contribution is 14.0. The predicted molar refractivity (Wildman–Crippen MR) is 103 cm³/mol. The molecule has 0 heterocycles. The van der Waals surface area contributed by atoms with Crippen LogP contribution in [-0.4, -0.2) is 49.7 Å². The molecule has 0 amide bonds. The number of rotatable bonds is 10. The number of hydrogen-bond donors (Lipinski definition) is 2. The number of nitrogens with zero attached hydrogens (tertiary/aromatic N) is 1.